The van der Waals surface area contributed by atoms with Crippen molar-refractivity contribution in [1.82, 2.24) is 0 Å². The van der Waals surface area contributed by atoms with E-state index in [9.17, 15) is 9.90 Å². The van der Waals surface area contributed by atoms with Crippen LogP contribution in [0.4, 0.5) is 5.69 Å². The number of amides is 1. The number of carbonyl (C=O) groups excluding carboxylic acids is 1. The average molecular weight is 322 g/mol. The van der Waals surface area contributed by atoms with Gasteiger partial charge in [0.15, 0.2) is 0 Å². The van der Waals surface area contributed by atoms with Crippen LogP contribution in [-0.4, -0.2) is 18.1 Å². The predicted octanol–water partition coefficient (Wildman–Crippen LogP) is 3.42. The molecule has 0 saturated carbocycles. The summed E-state index contributed by atoms with van der Waals surface area (Å²) in [5.41, 5.74) is 0.988. The Balaban J connectivity index is 2.23. The summed E-state index contributed by atoms with van der Waals surface area (Å²) in [5, 5.41) is 12.1. The van der Waals surface area contributed by atoms with Gasteiger partial charge >= 0.3 is 0 Å². The highest BCUT2D eigenvalue weighted by atomic mass is 79.9. The highest BCUT2D eigenvalue weighted by molar-refractivity contribution is 9.10. The van der Waals surface area contributed by atoms with Gasteiger partial charge in [-0.05, 0) is 46.3 Å². The van der Waals surface area contributed by atoms with Gasteiger partial charge in [0.2, 0.25) is 0 Å². The molecule has 98 valence electrons. The van der Waals surface area contributed by atoms with Crippen LogP contribution in [0.25, 0.3) is 0 Å². The van der Waals surface area contributed by atoms with E-state index in [-0.39, 0.29) is 11.7 Å². The fourth-order valence-corrected chi connectivity index (χ4v) is 1.91. The van der Waals surface area contributed by atoms with E-state index in [0.29, 0.717) is 17.0 Å². The number of carbonyl (C=O) groups is 1. The van der Waals surface area contributed by atoms with Crippen molar-refractivity contribution < 1.29 is 14.6 Å². The van der Waals surface area contributed by atoms with E-state index in [0.717, 1.165) is 4.47 Å². The summed E-state index contributed by atoms with van der Waals surface area (Å²) in [6.45, 7) is 0. The molecule has 5 heteroatoms. The van der Waals surface area contributed by atoms with Crippen molar-refractivity contribution in [2.75, 3.05) is 12.4 Å². The van der Waals surface area contributed by atoms with Crippen molar-refractivity contribution in [3.8, 4) is 11.5 Å². The third kappa shape index (κ3) is 3.26. The molecular weight excluding hydrogens is 310 g/mol. The Morgan fingerprint density at radius 3 is 2.74 bits per heavy atom. The lowest BCUT2D eigenvalue weighted by atomic mass is 10.2. The number of methoxy groups -OCH3 is 1. The molecule has 2 rings (SSSR count). The molecule has 2 aromatic rings. The van der Waals surface area contributed by atoms with E-state index in [1.165, 1.54) is 12.1 Å². The van der Waals surface area contributed by atoms with E-state index in [1.54, 1.807) is 37.4 Å². The summed E-state index contributed by atoms with van der Waals surface area (Å²) < 4.78 is 5.86. The second kappa shape index (κ2) is 5.75. The lowest BCUT2D eigenvalue weighted by molar-refractivity contribution is 0.102. The molecule has 0 aromatic heterocycles. The maximum absolute atomic E-state index is 12.0. The van der Waals surface area contributed by atoms with Crippen LogP contribution in [0.1, 0.15) is 10.4 Å². The molecule has 19 heavy (non-hydrogen) atoms. The number of phenols is 1. The molecule has 0 radical (unpaired) electrons. The number of nitrogens with one attached hydrogen (secondary N) is 1. The minimum atomic E-state index is -0.301. The van der Waals surface area contributed by atoms with Gasteiger partial charge in [-0.2, -0.15) is 0 Å². The van der Waals surface area contributed by atoms with E-state index in [1.807, 2.05) is 0 Å². The molecule has 0 aliphatic heterocycles. The monoisotopic (exact) mass is 321 g/mol. The number of phenolic OH excluding ortho intramolecular Hbond substituents is 1. The van der Waals surface area contributed by atoms with Gasteiger partial charge in [-0.25, -0.2) is 0 Å². The number of ether oxygens (including phenoxy) is 1. The normalized spacial score (nSPS) is 10.0. The first-order valence-corrected chi connectivity index (χ1v) is 6.33. The van der Waals surface area contributed by atoms with Crippen molar-refractivity contribution in [2.45, 2.75) is 0 Å². The summed E-state index contributed by atoms with van der Waals surface area (Å²) >= 11 is 3.36. The number of hydrogen-bond donors (Lipinski definition) is 2. The number of halogens is 1. The Morgan fingerprint density at radius 1 is 1.26 bits per heavy atom. The molecule has 2 N–H and O–H groups in total. The van der Waals surface area contributed by atoms with Crippen molar-refractivity contribution in [2.24, 2.45) is 0 Å². The maximum atomic E-state index is 12.0. The zero-order valence-electron chi connectivity index (χ0n) is 10.2. The van der Waals surface area contributed by atoms with Crippen LogP contribution in [0.2, 0.25) is 0 Å². The molecule has 1 amide bonds. The lowest BCUT2D eigenvalue weighted by Crippen LogP contribution is -2.12. The fourth-order valence-electron chi connectivity index (χ4n) is 1.57. The predicted molar refractivity (Wildman–Crippen MR) is 76.8 cm³/mol. The Kier molecular flexibility index (Phi) is 4.06. The molecule has 0 atom stereocenters. The second-order valence-corrected chi connectivity index (χ2v) is 4.70. The lowest BCUT2D eigenvalue weighted by Gasteiger charge is -2.09. The Hall–Kier alpha value is -2.01. The minimum absolute atomic E-state index is 0.0531. The van der Waals surface area contributed by atoms with E-state index in [4.69, 9.17) is 4.74 Å². The van der Waals surface area contributed by atoms with Gasteiger partial charge < -0.3 is 15.2 Å². The number of anilines is 1. The molecule has 0 heterocycles. The molecule has 0 aliphatic carbocycles. The first-order chi connectivity index (χ1) is 9.10. The van der Waals surface area contributed by atoms with Crippen LogP contribution >= 0.6 is 15.9 Å². The van der Waals surface area contributed by atoms with Crippen LogP contribution in [0.15, 0.2) is 46.9 Å². The van der Waals surface area contributed by atoms with Crippen LogP contribution in [0.3, 0.4) is 0 Å². The van der Waals surface area contributed by atoms with Gasteiger partial charge in [-0.15, -0.1) is 0 Å². The van der Waals surface area contributed by atoms with Crippen LogP contribution in [0.5, 0.6) is 11.5 Å². The summed E-state index contributed by atoms with van der Waals surface area (Å²) in [4.78, 5) is 12.0. The fraction of sp³-hybridized carbons (Fsp3) is 0.0714. The van der Waals surface area contributed by atoms with Gasteiger partial charge in [0.05, 0.1) is 12.8 Å². The number of hydrogen-bond acceptors (Lipinski definition) is 3. The van der Waals surface area contributed by atoms with Crippen molar-refractivity contribution >= 4 is 27.5 Å². The van der Waals surface area contributed by atoms with E-state index in [2.05, 4.69) is 21.2 Å². The van der Waals surface area contributed by atoms with E-state index < -0.39 is 0 Å². The van der Waals surface area contributed by atoms with Gasteiger partial charge in [-0.1, -0.05) is 6.07 Å². The molecular formula is C14H12BrNO3. The Bertz CT molecular complexity index is 613. The smallest absolute Gasteiger partial charge is 0.255 e. The van der Waals surface area contributed by atoms with Gasteiger partial charge in [0, 0.05) is 16.1 Å². The molecule has 0 unspecified atom stereocenters. The Labute approximate surface area is 119 Å². The third-order valence-electron chi connectivity index (χ3n) is 2.53. The number of rotatable bonds is 3. The van der Waals surface area contributed by atoms with Crippen molar-refractivity contribution in [3.05, 3.63) is 52.5 Å². The summed E-state index contributed by atoms with van der Waals surface area (Å²) in [6, 6.07) is 11.4. The molecule has 2 aromatic carbocycles. The van der Waals surface area contributed by atoms with Crippen LogP contribution < -0.4 is 10.1 Å². The Morgan fingerprint density at radius 2 is 2.05 bits per heavy atom. The quantitative estimate of drug-likeness (QED) is 0.910. The standard InChI is InChI=1S/C14H12BrNO3/c1-19-11-5-6-12(15)13(8-11)16-14(18)9-3-2-4-10(17)7-9/h2-8,17H,1H3,(H,16,18). The molecule has 0 aliphatic rings. The topological polar surface area (TPSA) is 58.6 Å². The first-order valence-electron chi connectivity index (χ1n) is 5.54. The summed E-state index contributed by atoms with van der Waals surface area (Å²) in [7, 11) is 1.56. The average Bonchev–Trinajstić information content (AvgIpc) is 2.41. The van der Waals surface area contributed by atoms with E-state index >= 15 is 0 Å². The summed E-state index contributed by atoms with van der Waals surface area (Å²) in [6.07, 6.45) is 0. The molecule has 0 fully saturated rings. The highest BCUT2D eigenvalue weighted by Gasteiger charge is 2.09. The van der Waals surface area contributed by atoms with Gasteiger partial charge in [0.1, 0.15) is 11.5 Å². The molecule has 0 spiro atoms. The number of benzene rings is 2. The minimum Gasteiger partial charge on any atom is -0.508 e. The van der Waals surface area contributed by atoms with Gasteiger partial charge in [-0.3, -0.25) is 4.79 Å². The summed E-state index contributed by atoms with van der Waals surface area (Å²) in [5.74, 6) is 0.400. The molecule has 0 saturated heterocycles. The van der Waals surface area contributed by atoms with Crippen LogP contribution in [0, 0.1) is 0 Å². The zero-order valence-corrected chi connectivity index (χ0v) is 11.8. The number of aromatic hydroxyl groups is 1. The first kappa shape index (κ1) is 13.4. The third-order valence-corrected chi connectivity index (χ3v) is 3.22. The molecule has 4 nitrogen and oxygen atoms in total. The highest BCUT2D eigenvalue weighted by Crippen LogP contribution is 2.27. The van der Waals surface area contributed by atoms with Crippen molar-refractivity contribution in [3.63, 3.8) is 0 Å². The largest absolute Gasteiger partial charge is 0.508 e. The van der Waals surface area contributed by atoms with Crippen molar-refractivity contribution in [1.29, 1.82) is 0 Å². The molecule has 0 bridgehead atoms. The van der Waals surface area contributed by atoms with Crippen LogP contribution in [-0.2, 0) is 0 Å². The second-order valence-electron chi connectivity index (χ2n) is 3.85. The zero-order chi connectivity index (χ0) is 13.8. The maximum Gasteiger partial charge on any atom is 0.255 e. The van der Waals surface area contributed by atoms with Gasteiger partial charge in [0.25, 0.3) is 5.91 Å². The SMILES string of the molecule is COc1ccc(Br)c(NC(=O)c2cccc(O)c2)c1.